The van der Waals surface area contributed by atoms with Crippen molar-refractivity contribution < 1.29 is 23.6 Å². The summed E-state index contributed by atoms with van der Waals surface area (Å²) >= 11 is -0.888. The van der Waals surface area contributed by atoms with Crippen molar-refractivity contribution in [3.63, 3.8) is 0 Å². The molecule has 0 radical (unpaired) electrons. The lowest BCUT2D eigenvalue weighted by Crippen LogP contribution is -2.23. The summed E-state index contributed by atoms with van der Waals surface area (Å²) in [5, 5.41) is 0. The van der Waals surface area contributed by atoms with E-state index in [1.807, 2.05) is 0 Å². The van der Waals surface area contributed by atoms with Crippen LogP contribution in [0.25, 0.3) is 0 Å². The van der Waals surface area contributed by atoms with Gasteiger partial charge in [0, 0.05) is 12.0 Å². The number of carbonyl (C=O) groups is 2. The Morgan fingerprint density at radius 3 is 2.75 bits per heavy atom. The zero-order valence-corrected chi connectivity index (χ0v) is 9.88. The minimum absolute atomic E-state index is 0.231. The van der Waals surface area contributed by atoms with Crippen molar-refractivity contribution in [2.75, 3.05) is 18.1 Å². The first-order chi connectivity index (χ1) is 7.49. The maximum Gasteiger partial charge on any atom is 0.344 e. The zero-order valence-electron chi connectivity index (χ0n) is 9.06. The standard InChI is InChI=1S/C10H14O5S/c1-7(2)10(12)14-5-9(11)15-8-3-4-16(13)6-8/h8H,1,3-6H2,2H3. The van der Waals surface area contributed by atoms with Crippen molar-refractivity contribution in [2.24, 2.45) is 0 Å². The topological polar surface area (TPSA) is 75.7 Å². The van der Waals surface area contributed by atoms with Crippen LogP contribution in [0.4, 0.5) is 0 Å². The number of hydrogen-bond acceptors (Lipinski definition) is 5. The summed E-state index contributed by atoms with van der Waals surface area (Å²) in [5.74, 6) is -0.297. The number of rotatable bonds is 4. The van der Waals surface area contributed by atoms with Gasteiger partial charge in [0.2, 0.25) is 0 Å². The van der Waals surface area contributed by atoms with Crippen LogP contribution in [-0.2, 0) is 30.2 Å². The fourth-order valence-electron chi connectivity index (χ4n) is 1.20. The quantitative estimate of drug-likeness (QED) is 0.401. The molecule has 6 heteroatoms. The van der Waals surface area contributed by atoms with E-state index < -0.39 is 29.7 Å². The molecule has 1 rings (SSSR count). The molecule has 1 aliphatic rings. The van der Waals surface area contributed by atoms with Crippen molar-refractivity contribution in [2.45, 2.75) is 19.4 Å². The second-order valence-corrected chi connectivity index (χ2v) is 5.19. The third kappa shape index (κ3) is 4.24. The average Bonchev–Trinajstić information content (AvgIpc) is 2.60. The molecule has 1 fully saturated rings. The van der Waals surface area contributed by atoms with Gasteiger partial charge >= 0.3 is 11.9 Å². The first-order valence-electron chi connectivity index (χ1n) is 4.86. The predicted molar refractivity (Wildman–Crippen MR) is 58.1 cm³/mol. The third-order valence-electron chi connectivity index (χ3n) is 2.01. The lowest BCUT2D eigenvalue weighted by Gasteiger charge is -2.09. The van der Waals surface area contributed by atoms with Crippen LogP contribution in [0.2, 0.25) is 0 Å². The number of carbonyl (C=O) groups excluding carboxylic acids is 2. The molecule has 1 saturated heterocycles. The molecule has 1 heterocycles. The highest BCUT2D eigenvalue weighted by Gasteiger charge is 2.29. The molecule has 5 nitrogen and oxygen atoms in total. The second-order valence-electron chi connectivity index (χ2n) is 3.57. The number of hydrogen-bond donors (Lipinski definition) is 0. The maximum absolute atomic E-state index is 11.2. The van der Waals surface area contributed by atoms with Crippen LogP contribution in [0.3, 0.4) is 0 Å². The van der Waals surface area contributed by atoms with Gasteiger partial charge in [-0.2, -0.15) is 0 Å². The summed E-state index contributed by atoms with van der Waals surface area (Å²) in [6, 6.07) is 0. The molecule has 2 atom stereocenters. The molecule has 0 aliphatic carbocycles. The van der Waals surface area contributed by atoms with E-state index in [-0.39, 0.29) is 11.7 Å². The Morgan fingerprint density at radius 2 is 2.25 bits per heavy atom. The largest absolute Gasteiger partial charge is 0.616 e. The molecule has 0 aromatic rings. The van der Waals surface area contributed by atoms with Crippen LogP contribution in [-0.4, -0.2) is 40.7 Å². The van der Waals surface area contributed by atoms with E-state index in [0.29, 0.717) is 17.9 Å². The molecule has 0 aromatic heterocycles. The first kappa shape index (κ1) is 13.1. The molecule has 1 aliphatic heterocycles. The van der Waals surface area contributed by atoms with Gasteiger partial charge in [-0.15, -0.1) is 0 Å². The van der Waals surface area contributed by atoms with Gasteiger partial charge in [0.1, 0.15) is 11.5 Å². The van der Waals surface area contributed by atoms with Gasteiger partial charge in [-0.1, -0.05) is 6.58 Å². The average molecular weight is 246 g/mol. The van der Waals surface area contributed by atoms with Crippen LogP contribution in [0.1, 0.15) is 13.3 Å². The maximum atomic E-state index is 11.2. The number of ether oxygens (including phenoxy) is 2. The summed E-state index contributed by atoms with van der Waals surface area (Å²) in [7, 11) is 0. The molecule has 0 amide bonds. The highest BCUT2D eigenvalue weighted by molar-refractivity contribution is 7.91. The van der Waals surface area contributed by atoms with Crippen molar-refractivity contribution >= 4 is 23.1 Å². The Balaban J connectivity index is 2.21. The molecule has 0 aromatic carbocycles. The zero-order chi connectivity index (χ0) is 12.1. The highest BCUT2D eigenvalue weighted by atomic mass is 32.2. The van der Waals surface area contributed by atoms with Crippen LogP contribution in [0, 0.1) is 0 Å². The smallest absolute Gasteiger partial charge is 0.344 e. The van der Waals surface area contributed by atoms with Crippen molar-refractivity contribution in [3.05, 3.63) is 12.2 Å². The van der Waals surface area contributed by atoms with E-state index in [9.17, 15) is 14.1 Å². The molecule has 2 unspecified atom stereocenters. The Bertz CT molecular complexity index is 302. The minimum atomic E-state index is -0.888. The van der Waals surface area contributed by atoms with Gasteiger partial charge < -0.3 is 14.0 Å². The van der Waals surface area contributed by atoms with E-state index >= 15 is 0 Å². The van der Waals surface area contributed by atoms with E-state index in [0.717, 1.165) is 0 Å². The fourth-order valence-corrected chi connectivity index (χ4v) is 2.54. The summed E-state index contributed by atoms with van der Waals surface area (Å²) < 4.78 is 20.6. The molecule has 0 saturated carbocycles. The molecule has 0 N–H and O–H groups in total. The van der Waals surface area contributed by atoms with Gasteiger partial charge in [0.25, 0.3) is 0 Å². The lowest BCUT2D eigenvalue weighted by atomic mass is 10.3. The molecule has 0 bridgehead atoms. The van der Waals surface area contributed by atoms with Gasteiger partial charge in [-0.05, 0) is 18.1 Å². The van der Waals surface area contributed by atoms with Gasteiger partial charge in [-0.3, -0.25) is 0 Å². The van der Waals surface area contributed by atoms with E-state index in [4.69, 9.17) is 4.74 Å². The summed E-state index contributed by atoms with van der Waals surface area (Å²) in [5.41, 5.74) is 0.231. The van der Waals surface area contributed by atoms with Crippen molar-refractivity contribution in [1.82, 2.24) is 0 Å². The van der Waals surface area contributed by atoms with E-state index in [2.05, 4.69) is 11.3 Å². The molecular weight excluding hydrogens is 232 g/mol. The SMILES string of the molecule is C=C(C)C(=O)OCC(=O)OC1CC[S+]([O-])C1. The third-order valence-corrected chi connectivity index (χ3v) is 3.44. The van der Waals surface area contributed by atoms with Crippen LogP contribution in [0.5, 0.6) is 0 Å². The summed E-state index contributed by atoms with van der Waals surface area (Å²) in [4.78, 5) is 22.2. The predicted octanol–water partition coefficient (Wildman–Crippen LogP) is 0.170. The van der Waals surface area contributed by atoms with E-state index in [1.54, 1.807) is 0 Å². The number of esters is 2. The van der Waals surface area contributed by atoms with Crippen LogP contribution >= 0.6 is 0 Å². The van der Waals surface area contributed by atoms with Gasteiger partial charge in [-0.25, -0.2) is 9.59 Å². The fraction of sp³-hybridized carbons (Fsp3) is 0.600. The molecule has 16 heavy (non-hydrogen) atoms. The van der Waals surface area contributed by atoms with Gasteiger partial charge in [0.15, 0.2) is 12.7 Å². The van der Waals surface area contributed by atoms with Crippen LogP contribution in [0.15, 0.2) is 12.2 Å². The van der Waals surface area contributed by atoms with Crippen molar-refractivity contribution in [3.8, 4) is 0 Å². The normalized spacial score (nSPS) is 23.9. The Morgan fingerprint density at radius 1 is 1.56 bits per heavy atom. The van der Waals surface area contributed by atoms with Gasteiger partial charge in [0.05, 0.1) is 0 Å². The summed E-state index contributed by atoms with van der Waals surface area (Å²) in [6.07, 6.45) is 0.295. The van der Waals surface area contributed by atoms with Crippen molar-refractivity contribution in [1.29, 1.82) is 0 Å². The summed E-state index contributed by atoms with van der Waals surface area (Å²) in [6.45, 7) is 4.45. The Hall–Kier alpha value is -1.01. The first-order valence-corrected chi connectivity index (χ1v) is 6.35. The molecule has 90 valence electrons. The van der Waals surface area contributed by atoms with E-state index in [1.165, 1.54) is 6.92 Å². The van der Waals surface area contributed by atoms with Crippen LogP contribution < -0.4 is 0 Å². The monoisotopic (exact) mass is 246 g/mol. The second kappa shape index (κ2) is 5.91. The highest BCUT2D eigenvalue weighted by Crippen LogP contribution is 2.14. The molecule has 0 spiro atoms. The molecular formula is C10H14O5S. The Kier molecular flexibility index (Phi) is 4.82. The minimum Gasteiger partial charge on any atom is -0.616 e. The Labute approximate surface area is 97.0 Å². The lowest BCUT2D eigenvalue weighted by molar-refractivity contribution is -0.159.